The molecular weight excluding hydrogens is 383 g/mol. The maximum absolute atomic E-state index is 13.6. The van der Waals surface area contributed by atoms with Gasteiger partial charge in [-0.25, -0.2) is 14.6 Å². The molecule has 1 amide bonds. The number of hydrogen-bond donors (Lipinski definition) is 1. The van der Waals surface area contributed by atoms with Crippen molar-refractivity contribution in [2.24, 2.45) is 5.10 Å². The maximum atomic E-state index is 13.6. The molecule has 0 saturated heterocycles. The molecule has 0 aliphatic rings. The number of halogens is 2. The summed E-state index contributed by atoms with van der Waals surface area (Å²) in [5.41, 5.74) is 3.08. The lowest BCUT2D eigenvalue weighted by molar-refractivity contribution is 0.0734. The number of hydrogen-bond acceptors (Lipinski definition) is 4. The van der Waals surface area contributed by atoms with Gasteiger partial charge in [0, 0.05) is 5.02 Å². The van der Waals surface area contributed by atoms with Crippen LogP contribution in [0.4, 0.5) is 4.39 Å². The Balaban J connectivity index is 1.63. The molecule has 5 nitrogen and oxygen atoms in total. The highest BCUT2D eigenvalue weighted by atomic mass is 35.5. The molecule has 0 heterocycles. The highest BCUT2D eigenvalue weighted by Gasteiger charge is 2.10. The van der Waals surface area contributed by atoms with Crippen LogP contribution < -0.4 is 10.2 Å². The zero-order valence-corrected chi connectivity index (χ0v) is 15.2. The van der Waals surface area contributed by atoms with Gasteiger partial charge in [-0.05, 0) is 54.1 Å². The van der Waals surface area contributed by atoms with E-state index in [2.05, 4.69) is 10.5 Å². The molecular formula is C21H14ClFN2O3. The Hall–Kier alpha value is -3.51. The normalized spacial score (nSPS) is 10.6. The van der Waals surface area contributed by atoms with Crippen molar-refractivity contribution in [3.8, 4) is 5.75 Å². The lowest BCUT2D eigenvalue weighted by Crippen LogP contribution is -2.18. The average Bonchev–Trinajstić information content (AvgIpc) is 2.69. The molecule has 0 aliphatic carbocycles. The van der Waals surface area contributed by atoms with Gasteiger partial charge in [0.2, 0.25) is 0 Å². The van der Waals surface area contributed by atoms with Crippen LogP contribution >= 0.6 is 11.6 Å². The number of ether oxygens (including phenoxy) is 1. The number of hydrazone groups is 1. The molecule has 0 unspecified atom stereocenters. The fourth-order valence-corrected chi connectivity index (χ4v) is 2.41. The molecule has 0 spiro atoms. The Labute approximate surface area is 165 Å². The molecule has 0 radical (unpaired) electrons. The fourth-order valence-electron chi connectivity index (χ4n) is 2.28. The first-order chi connectivity index (χ1) is 13.5. The molecule has 3 rings (SSSR count). The van der Waals surface area contributed by atoms with Crippen molar-refractivity contribution in [3.05, 3.63) is 100 Å². The van der Waals surface area contributed by atoms with Gasteiger partial charge in [-0.1, -0.05) is 35.9 Å². The monoisotopic (exact) mass is 396 g/mol. The van der Waals surface area contributed by atoms with Gasteiger partial charge in [-0.15, -0.1) is 0 Å². The minimum absolute atomic E-state index is 0.106. The molecule has 7 heteroatoms. The second kappa shape index (κ2) is 8.92. The van der Waals surface area contributed by atoms with E-state index < -0.39 is 17.7 Å². The van der Waals surface area contributed by atoms with E-state index in [0.717, 1.165) is 0 Å². The van der Waals surface area contributed by atoms with Crippen LogP contribution in [0.25, 0.3) is 0 Å². The van der Waals surface area contributed by atoms with Gasteiger partial charge in [0.05, 0.1) is 17.3 Å². The summed E-state index contributed by atoms with van der Waals surface area (Å²) in [5.74, 6) is -1.52. The highest BCUT2D eigenvalue weighted by Crippen LogP contribution is 2.16. The van der Waals surface area contributed by atoms with Gasteiger partial charge in [0.25, 0.3) is 5.91 Å². The van der Waals surface area contributed by atoms with E-state index in [1.54, 1.807) is 54.6 Å². The summed E-state index contributed by atoms with van der Waals surface area (Å²) in [4.78, 5) is 24.0. The second-order valence-electron chi connectivity index (χ2n) is 5.65. The lowest BCUT2D eigenvalue weighted by Gasteiger charge is -2.05. The minimum Gasteiger partial charge on any atom is -0.423 e. The third-order valence-corrected chi connectivity index (χ3v) is 3.90. The molecule has 0 saturated carbocycles. The number of nitrogens with one attached hydrogen (secondary N) is 1. The number of rotatable bonds is 5. The number of carbonyl (C=O) groups excluding carboxylic acids is 2. The van der Waals surface area contributed by atoms with E-state index in [0.29, 0.717) is 21.9 Å². The number of nitrogens with zero attached hydrogens (tertiary/aromatic N) is 1. The summed E-state index contributed by atoms with van der Waals surface area (Å²) >= 11 is 5.80. The van der Waals surface area contributed by atoms with Gasteiger partial charge >= 0.3 is 5.97 Å². The van der Waals surface area contributed by atoms with E-state index in [1.165, 1.54) is 24.4 Å². The summed E-state index contributed by atoms with van der Waals surface area (Å²) in [6.07, 6.45) is 1.36. The van der Waals surface area contributed by atoms with Crippen LogP contribution in [0, 0.1) is 5.82 Å². The summed E-state index contributed by atoms with van der Waals surface area (Å²) in [6.45, 7) is 0. The Kier molecular flexibility index (Phi) is 6.14. The third kappa shape index (κ3) is 5.02. The Bertz CT molecular complexity index is 1040. The molecule has 140 valence electrons. The van der Waals surface area contributed by atoms with Crippen LogP contribution in [0.1, 0.15) is 26.3 Å². The van der Waals surface area contributed by atoms with Crippen molar-refractivity contribution in [1.82, 2.24) is 5.43 Å². The predicted octanol–water partition coefficient (Wildman–Crippen LogP) is 4.46. The van der Waals surface area contributed by atoms with E-state index in [-0.39, 0.29) is 5.56 Å². The zero-order valence-electron chi connectivity index (χ0n) is 14.4. The van der Waals surface area contributed by atoms with Crippen molar-refractivity contribution >= 4 is 29.7 Å². The van der Waals surface area contributed by atoms with Gasteiger partial charge in [-0.3, -0.25) is 4.79 Å². The molecule has 1 N–H and O–H groups in total. The summed E-state index contributed by atoms with van der Waals surface area (Å²) in [6, 6.07) is 18.5. The van der Waals surface area contributed by atoms with Gasteiger partial charge in [-0.2, -0.15) is 5.10 Å². The van der Waals surface area contributed by atoms with Crippen molar-refractivity contribution in [3.63, 3.8) is 0 Å². The van der Waals surface area contributed by atoms with E-state index in [9.17, 15) is 14.0 Å². The van der Waals surface area contributed by atoms with Crippen LogP contribution in [-0.2, 0) is 0 Å². The number of esters is 1. The van der Waals surface area contributed by atoms with E-state index in [1.807, 2.05) is 0 Å². The largest absolute Gasteiger partial charge is 0.423 e. The standard InChI is InChI=1S/C21H14ClFN2O3/c22-16-10-8-15(9-11-16)21(27)28-17-5-3-4-14(12-17)13-24-25-20(26)18-6-1-2-7-19(18)23/h1-13H,(H,25,26). The predicted molar refractivity (Wildman–Crippen MR) is 104 cm³/mol. The molecule has 0 aliphatic heterocycles. The first-order valence-electron chi connectivity index (χ1n) is 8.19. The SMILES string of the molecule is O=C(Oc1cccc(C=NNC(=O)c2ccccc2F)c1)c1ccc(Cl)cc1. The molecule has 0 atom stereocenters. The van der Waals surface area contributed by atoms with Gasteiger partial charge < -0.3 is 4.74 Å². The Morgan fingerprint density at radius 1 is 1.00 bits per heavy atom. The molecule has 3 aromatic carbocycles. The molecule has 28 heavy (non-hydrogen) atoms. The quantitative estimate of drug-likeness (QED) is 0.299. The minimum atomic E-state index is -0.667. The topological polar surface area (TPSA) is 67.8 Å². The van der Waals surface area contributed by atoms with Crippen LogP contribution in [0.2, 0.25) is 5.02 Å². The van der Waals surface area contributed by atoms with Gasteiger partial charge in [0.15, 0.2) is 0 Å². The molecule has 0 aromatic heterocycles. The summed E-state index contributed by atoms with van der Waals surface area (Å²) in [7, 11) is 0. The van der Waals surface area contributed by atoms with Crippen LogP contribution in [0.5, 0.6) is 5.75 Å². The molecule has 0 bridgehead atoms. The lowest BCUT2D eigenvalue weighted by atomic mass is 10.2. The fraction of sp³-hybridized carbons (Fsp3) is 0. The summed E-state index contributed by atoms with van der Waals surface area (Å²) < 4.78 is 18.9. The van der Waals surface area contributed by atoms with Crippen molar-refractivity contribution in [2.75, 3.05) is 0 Å². The van der Waals surface area contributed by atoms with Crippen molar-refractivity contribution < 1.29 is 18.7 Å². The average molecular weight is 397 g/mol. The van der Waals surface area contributed by atoms with Crippen LogP contribution in [0.15, 0.2) is 77.9 Å². The van der Waals surface area contributed by atoms with E-state index in [4.69, 9.17) is 16.3 Å². The second-order valence-corrected chi connectivity index (χ2v) is 6.08. The van der Waals surface area contributed by atoms with E-state index >= 15 is 0 Å². The third-order valence-electron chi connectivity index (χ3n) is 3.65. The number of amides is 1. The number of benzene rings is 3. The van der Waals surface area contributed by atoms with Gasteiger partial charge in [0.1, 0.15) is 11.6 Å². The van der Waals surface area contributed by atoms with Crippen molar-refractivity contribution in [2.45, 2.75) is 0 Å². The smallest absolute Gasteiger partial charge is 0.343 e. The highest BCUT2D eigenvalue weighted by molar-refractivity contribution is 6.30. The maximum Gasteiger partial charge on any atom is 0.343 e. The van der Waals surface area contributed by atoms with Crippen LogP contribution in [-0.4, -0.2) is 18.1 Å². The number of carbonyl (C=O) groups is 2. The zero-order chi connectivity index (χ0) is 19.9. The Morgan fingerprint density at radius 2 is 1.75 bits per heavy atom. The molecule has 3 aromatic rings. The first kappa shape index (κ1) is 19.3. The van der Waals surface area contributed by atoms with Crippen molar-refractivity contribution in [1.29, 1.82) is 0 Å². The molecule has 0 fully saturated rings. The van der Waals surface area contributed by atoms with Crippen LogP contribution in [0.3, 0.4) is 0 Å². The Morgan fingerprint density at radius 3 is 2.50 bits per heavy atom. The summed E-state index contributed by atoms with van der Waals surface area (Å²) in [5, 5.41) is 4.32. The first-order valence-corrected chi connectivity index (χ1v) is 8.56.